The molecule has 442 valence electrons. The smallest absolute Gasteiger partial charge is 0.313 e. The van der Waals surface area contributed by atoms with Crippen molar-refractivity contribution in [2.24, 2.45) is 17.3 Å². The minimum absolute atomic E-state index is 0.0211. The van der Waals surface area contributed by atoms with Crippen LogP contribution in [0.15, 0.2) is 103 Å². The molecule has 1 aromatic heterocycles. The van der Waals surface area contributed by atoms with Crippen LogP contribution in [-0.4, -0.2) is 106 Å². The highest BCUT2D eigenvalue weighted by molar-refractivity contribution is 7.87. The van der Waals surface area contributed by atoms with E-state index in [1.54, 1.807) is 72.0 Å². The fourth-order valence-electron chi connectivity index (χ4n) is 11.4. The molecule has 1 saturated heterocycles. The van der Waals surface area contributed by atoms with E-state index in [0.29, 0.717) is 53.8 Å². The van der Waals surface area contributed by atoms with Crippen LogP contribution in [0.4, 0.5) is 11.4 Å². The van der Waals surface area contributed by atoms with Gasteiger partial charge in [-0.25, -0.2) is 4.98 Å². The number of aromatic nitrogens is 1. The SMILES string of the molecule is Cc1ncsc1-c1ccc([C@@H](C)NC(=O)[C@@H]2C[C@@H](O)CN2C(=O)[C@@H](NC(=O)CCCCCCNc2ccc(OS(=O)(=O)C3C[C@H]4C(=O)[C@H]3C(c3ccc(NC(=O)CCCCCCC(=O)O)cc3)=C4c3ccc(O)cc3)cc2)C(C)(C)C)cc1. The normalized spacial score (nSPS) is 19.3. The maximum Gasteiger partial charge on any atom is 0.313 e. The molecule has 2 bridgehead atoms. The molecule has 5 aromatic rings. The number of anilines is 2. The molecule has 2 heterocycles. The monoisotopic (exact) mass is 1170 g/mol. The number of nitrogens with zero attached hydrogens (tertiary/aromatic N) is 2. The number of phenols is 1. The van der Waals surface area contributed by atoms with Crippen LogP contribution < -0.4 is 25.5 Å². The second kappa shape index (κ2) is 27.3. The van der Waals surface area contributed by atoms with E-state index in [2.05, 4.69) is 26.3 Å². The zero-order chi connectivity index (χ0) is 59.6. The number of aliphatic carboxylic acids is 1. The van der Waals surface area contributed by atoms with Crippen molar-refractivity contribution in [2.45, 2.75) is 148 Å². The quantitative estimate of drug-likeness (QED) is 0.0191. The largest absolute Gasteiger partial charge is 0.508 e. The van der Waals surface area contributed by atoms with Crippen molar-refractivity contribution < 1.29 is 56.7 Å². The van der Waals surface area contributed by atoms with Gasteiger partial charge >= 0.3 is 16.1 Å². The van der Waals surface area contributed by atoms with Gasteiger partial charge in [0.1, 0.15) is 34.6 Å². The summed E-state index contributed by atoms with van der Waals surface area (Å²) in [6.07, 6.45) is 5.36. The second-order valence-electron chi connectivity index (χ2n) is 23.1. The van der Waals surface area contributed by atoms with Gasteiger partial charge in [-0.3, -0.25) is 28.8 Å². The van der Waals surface area contributed by atoms with E-state index >= 15 is 0 Å². The molecule has 2 aliphatic carbocycles. The number of rotatable bonds is 27. The number of aliphatic hydroxyl groups excluding tert-OH is 1. The summed E-state index contributed by atoms with van der Waals surface area (Å²) < 4.78 is 34.0. The predicted molar refractivity (Wildman–Crippen MR) is 320 cm³/mol. The topological polar surface area (TPSA) is 271 Å². The number of likely N-dealkylation sites (tertiary alicyclic amines) is 1. The fourth-order valence-corrected chi connectivity index (χ4v) is 13.7. The molecule has 2 fully saturated rings. The number of aryl methyl sites for hydroxylation is 1. The standard InChI is InChI=1S/C63H76N6O12S2/c1-38(40-17-19-43(20-18-40)59-39(2)65-37-82-59)66-61(77)50-34-47(71)36-69(50)62(78)60(63(3,4)5)68-53(73)15-11-8-9-13-33-64-44-27-31-48(32-28-44)81-83(79,80)51-35-49-55(41-23-29-46(70)30-24-41)56(57(51)58(49)76)42-21-25-45(26-22-42)67-52(72)14-10-6-7-12-16-54(74)75/h17-32,37-38,47,49-51,57,60,64,70-71H,6-16,33-36H2,1-5H3,(H,66,77)(H,67,72)(H,68,73)(H,74,75)/t38-,47-,49-,50+,51?,57-,60-/m1/s1. The Labute approximate surface area is 489 Å². The number of nitrogens with one attached hydrogen (secondary N) is 4. The third-order valence-corrected chi connectivity index (χ3v) is 18.4. The molecular formula is C63H76N6O12S2. The molecule has 7 N–H and O–H groups in total. The Balaban J connectivity index is 0.785. The van der Waals surface area contributed by atoms with E-state index in [1.807, 2.05) is 64.4 Å². The van der Waals surface area contributed by atoms with Crippen LogP contribution in [0.1, 0.15) is 140 Å². The number of thiazole rings is 1. The van der Waals surface area contributed by atoms with Crippen LogP contribution >= 0.6 is 11.3 Å². The van der Waals surface area contributed by atoms with E-state index in [0.717, 1.165) is 59.5 Å². The van der Waals surface area contributed by atoms with Crippen LogP contribution in [0.2, 0.25) is 0 Å². The maximum absolute atomic E-state index is 14.2. The number of β-amino-alcohol motifs (C(OH)–C–C–N with tert-alkyl or cyclic N) is 1. The number of carboxylic acid groups (broad SMARTS) is 1. The first kappa shape index (κ1) is 61.6. The highest BCUT2D eigenvalue weighted by Gasteiger charge is 2.58. The molecule has 1 unspecified atom stereocenters. The molecule has 3 aliphatic rings. The summed E-state index contributed by atoms with van der Waals surface area (Å²) in [4.78, 5) is 85.6. The van der Waals surface area contributed by atoms with Gasteiger partial charge in [-0.15, -0.1) is 11.3 Å². The number of amides is 4. The molecule has 0 spiro atoms. The van der Waals surface area contributed by atoms with E-state index in [4.69, 9.17) is 9.29 Å². The zero-order valence-corrected chi connectivity index (χ0v) is 49.3. The second-order valence-corrected chi connectivity index (χ2v) is 25.7. The number of phenolic OH excluding ortho intramolecular Hbond substituents is 1. The number of carboxylic acids is 1. The summed E-state index contributed by atoms with van der Waals surface area (Å²) in [7, 11) is -4.34. The highest BCUT2D eigenvalue weighted by atomic mass is 32.2. The van der Waals surface area contributed by atoms with Crippen LogP contribution in [0.5, 0.6) is 11.5 Å². The van der Waals surface area contributed by atoms with Crippen molar-refractivity contribution in [1.29, 1.82) is 0 Å². The Morgan fingerprint density at radius 2 is 1.34 bits per heavy atom. The Hall–Kier alpha value is -7.42. The number of unbranched alkanes of at least 4 members (excludes halogenated alkanes) is 6. The summed E-state index contributed by atoms with van der Waals surface area (Å²) in [6, 6.07) is 25.7. The number of aliphatic hydroxyl groups is 1. The number of carbonyl (C=O) groups is 6. The molecule has 83 heavy (non-hydrogen) atoms. The van der Waals surface area contributed by atoms with Gasteiger partial charge in [0.2, 0.25) is 23.6 Å². The number of benzene rings is 4. The van der Waals surface area contributed by atoms with Crippen molar-refractivity contribution >= 4 is 79.4 Å². The van der Waals surface area contributed by atoms with Gasteiger partial charge in [-0.05, 0) is 133 Å². The lowest BCUT2D eigenvalue weighted by Crippen LogP contribution is -2.57. The molecule has 1 saturated carbocycles. The van der Waals surface area contributed by atoms with Crippen LogP contribution in [0.3, 0.4) is 0 Å². The molecule has 20 heteroatoms. The van der Waals surface area contributed by atoms with Gasteiger partial charge in [0, 0.05) is 56.1 Å². The average molecular weight is 1170 g/mol. The van der Waals surface area contributed by atoms with Gasteiger partial charge in [0.05, 0.1) is 34.1 Å². The Bertz CT molecular complexity index is 3270. The lowest BCUT2D eigenvalue weighted by atomic mass is 9.83. The maximum atomic E-state index is 14.2. The lowest BCUT2D eigenvalue weighted by Gasteiger charge is -2.35. The van der Waals surface area contributed by atoms with E-state index in [9.17, 15) is 47.4 Å². The molecule has 0 radical (unpaired) electrons. The van der Waals surface area contributed by atoms with Crippen LogP contribution in [0, 0.1) is 24.2 Å². The molecule has 8 rings (SSSR count). The molecular weight excluding hydrogens is 1100 g/mol. The minimum Gasteiger partial charge on any atom is -0.508 e. The van der Waals surface area contributed by atoms with Crippen molar-refractivity contribution in [3.63, 3.8) is 0 Å². The van der Waals surface area contributed by atoms with Crippen LogP contribution in [0.25, 0.3) is 21.6 Å². The third kappa shape index (κ3) is 15.6. The number of fused-ring (bicyclic) bond motifs is 2. The highest BCUT2D eigenvalue weighted by Crippen LogP contribution is 2.56. The number of ketones is 1. The van der Waals surface area contributed by atoms with E-state index in [1.165, 1.54) is 17.0 Å². The molecule has 7 atom stereocenters. The summed E-state index contributed by atoms with van der Waals surface area (Å²) in [5.41, 5.74) is 7.83. The number of allylic oxidation sites excluding steroid dienone is 2. The number of hydrogen-bond acceptors (Lipinski definition) is 14. The van der Waals surface area contributed by atoms with E-state index in [-0.39, 0.29) is 79.7 Å². The average Bonchev–Trinajstić information content (AvgIpc) is 1.79. The molecule has 4 aromatic carbocycles. The van der Waals surface area contributed by atoms with Crippen molar-refractivity contribution in [3.8, 4) is 21.9 Å². The minimum atomic E-state index is -4.34. The van der Waals surface area contributed by atoms with Crippen molar-refractivity contribution in [1.82, 2.24) is 20.5 Å². The number of Topliss-reactive ketones (excluding diaryl/α,β-unsaturated/α-hetero) is 1. The van der Waals surface area contributed by atoms with Crippen molar-refractivity contribution in [3.05, 3.63) is 125 Å². The summed E-state index contributed by atoms with van der Waals surface area (Å²) in [5.74, 6) is -3.93. The first-order valence-corrected chi connectivity index (χ1v) is 31.0. The zero-order valence-electron chi connectivity index (χ0n) is 47.7. The third-order valence-electron chi connectivity index (χ3n) is 15.8. The first-order valence-electron chi connectivity index (χ1n) is 28.6. The lowest BCUT2D eigenvalue weighted by molar-refractivity contribution is -0.144. The van der Waals surface area contributed by atoms with E-state index < -0.39 is 62.7 Å². The van der Waals surface area contributed by atoms with Gasteiger partial charge in [0.25, 0.3) is 0 Å². The summed E-state index contributed by atoms with van der Waals surface area (Å²) >= 11 is 1.56. The predicted octanol–water partition coefficient (Wildman–Crippen LogP) is 9.83. The number of carbonyl (C=O) groups excluding carboxylic acids is 5. The first-order chi connectivity index (χ1) is 39.6. The summed E-state index contributed by atoms with van der Waals surface area (Å²) in [5, 5.41) is 40.6. The Morgan fingerprint density at radius 3 is 1.96 bits per heavy atom. The van der Waals surface area contributed by atoms with Crippen LogP contribution in [-0.2, 0) is 38.9 Å². The Morgan fingerprint density at radius 1 is 0.747 bits per heavy atom. The van der Waals surface area contributed by atoms with Gasteiger partial charge < -0.3 is 45.7 Å². The van der Waals surface area contributed by atoms with Gasteiger partial charge in [-0.1, -0.05) is 95.0 Å². The molecule has 4 amide bonds. The fraction of sp³-hybridized carbons (Fsp3) is 0.444. The number of aromatic hydroxyl groups is 1. The molecule has 1 aliphatic heterocycles. The molecule has 18 nitrogen and oxygen atoms in total. The van der Waals surface area contributed by atoms with Crippen molar-refractivity contribution in [2.75, 3.05) is 23.7 Å². The van der Waals surface area contributed by atoms with Gasteiger partial charge in [0.15, 0.2) is 0 Å². The Kier molecular flexibility index (Phi) is 20.3. The van der Waals surface area contributed by atoms with Gasteiger partial charge in [-0.2, -0.15) is 8.42 Å². The summed E-state index contributed by atoms with van der Waals surface area (Å²) in [6.45, 7) is 9.99. The number of hydrogen-bond donors (Lipinski definition) is 7.